The third-order valence-electron chi connectivity index (χ3n) is 5.80. The third kappa shape index (κ3) is 2.84. The molecule has 0 amide bonds. The molecule has 2 heterocycles. The van der Waals surface area contributed by atoms with Gasteiger partial charge in [-0.3, -0.25) is 0 Å². The number of rotatable bonds is 6. The Balaban J connectivity index is 1.26. The summed E-state index contributed by atoms with van der Waals surface area (Å²) < 4.78 is 0. The lowest BCUT2D eigenvalue weighted by Gasteiger charge is -2.39. The number of nitrogens with one attached hydrogen (secondary N) is 2. The van der Waals surface area contributed by atoms with Crippen LogP contribution in [0.15, 0.2) is 12.3 Å². The summed E-state index contributed by atoms with van der Waals surface area (Å²) in [5.74, 6) is 4.00. The zero-order valence-corrected chi connectivity index (χ0v) is 13.5. The molecule has 1 saturated heterocycles. The monoisotopic (exact) mass is 301 g/mol. The highest BCUT2D eigenvalue weighted by atomic mass is 15.3. The summed E-state index contributed by atoms with van der Waals surface area (Å²) in [7, 11) is 2.02. The topological polar surface area (TPSA) is 53.1 Å². The van der Waals surface area contributed by atoms with Crippen LogP contribution in [0.2, 0.25) is 0 Å². The van der Waals surface area contributed by atoms with Crippen LogP contribution in [0.3, 0.4) is 0 Å². The zero-order chi connectivity index (χ0) is 14.9. The highest BCUT2D eigenvalue weighted by Gasteiger charge is 2.38. The molecule has 4 rings (SSSR count). The Morgan fingerprint density at radius 3 is 2.91 bits per heavy atom. The van der Waals surface area contributed by atoms with Gasteiger partial charge in [-0.1, -0.05) is 6.42 Å². The van der Waals surface area contributed by atoms with E-state index >= 15 is 0 Å². The van der Waals surface area contributed by atoms with E-state index in [0.29, 0.717) is 6.04 Å². The number of aromatic nitrogens is 2. The standard InChI is InChI=1S/C17H27N5/c1-18-14-10-22(11-14)17-5-7-20-16(21-17)4-6-19-15-9-12-2-3-13(15)8-12/h5,7,12-15,18-19H,2-4,6,8-11H2,1H3. The van der Waals surface area contributed by atoms with Crippen molar-refractivity contribution in [2.75, 3.05) is 31.6 Å². The van der Waals surface area contributed by atoms with Crippen LogP contribution < -0.4 is 15.5 Å². The molecular formula is C17H27N5. The van der Waals surface area contributed by atoms with Gasteiger partial charge in [0.25, 0.3) is 0 Å². The molecule has 3 atom stereocenters. The second-order valence-corrected chi connectivity index (χ2v) is 7.21. The summed E-state index contributed by atoms with van der Waals surface area (Å²) in [6.45, 7) is 3.11. The van der Waals surface area contributed by atoms with Gasteiger partial charge in [0.05, 0.1) is 0 Å². The highest BCUT2D eigenvalue weighted by Crippen LogP contribution is 2.44. The predicted octanol–water partition coefficient (Wildman–Crippen LogP) is 1.21. The first-order valence-corrected chi connectivity index (χ1v) is 8.79. The summed E-state index contributed by atoms with van der Waals surface area (Å²) >= 11 is 0. The van der Waals surface area contributed by atoms with E-state index in [1.165, 1.54) is 25.7 Å². The minimum atomic E-state index is 0.609. The fourth-order valence-electron chi connectivity index (χ4n) is 4.40. The van der Waals surface area contributed by atoms with E-state index in [9.17, 15) is 0 Å². The molecule has 0 spiro atoms. The van der Waals surface area contributed by atoms with Crippen molar-refractivity contribution < 1.29 is 0 Å². The minimum absolute atomic E-state index is 0.609. The van der Waals surface area contributed by atoms with Crippen LogP contribution in [-0.2, 0) is 6.42 Å². The number of hydrogen-bond donors (Lipinski definition) is 2. The van der Waals surface area contributed by atoms with Crippen LogP contribution in [0.1, 0.15) is 31.5 Å². The van der Waals surface area contributed by atoms with Crippen molar-refractivity contribution in [1.29, 1.82) is 0 Å². The van der Waals surface area contributed by atoms with E-state index in [1.807, 2.05) is 19.3 Å². The summed E-state index contributed by atoms with van der Waals surface area (Å²) in [4.78, 5) is 11.5. The van der Waals surface area contributed by atoms with E-state index in [4.69, 9.17) is 4.98 Å². The van der Waals surface area contributed by atoms with Crippen LogP contribution in [0.25, 0.3) is 0 Å². The summed E-state index contributed by atoms with van der Waals surface area (Å²) in [5, 5.41) is 7.05. The number of fused-ring (bicyclic) bond motifs is 2. The van der Waals surface area contributed by atoms with Gasteiger partial charge in [0, 0.05) is 44.3 Å². The van der Waals surface area contributed by atoms with Crippen molar-refractivity contribution in [3.63, 3.8) is 0 Å². The third-order valence-corrected chi connectivity index (χ3v) is 5.80. The highest BCUT2D eigenvalue weighted by molar-refractivity contribution is 5.41. The van der Waals surface area contributed by atoms with Gasteiger partial charge in [0.15, 0.2) is 0 Å². The fraction of sp³-hybridized carbons (Fsp3) is 0.765. The van der Waals surface area contributed by atoms with Gasteiger partial charge in [0.1, 0.15) is 11.6 Å². The molecular weight excluding hydrogens is 274 g/mol. The van der Waals surface area contributed by atoms with Crippen molar-refractivity contribution >= 4 is 5.82 Å². The smallest absolute Gasteiger partial charge is 0.132 e. The molecule has 3 unspecified atom stereocenters. The Morgan fingerprint density at radius 1 is 1.27 bits per heavy atom. The summed E-state index contributed by atoms with van der Waals surface area (Å²) in [6, 6.07) is 3.39. The minimum Gasteiger partial charge on any atom is -0.353 e. The average molecular weight is 301 g/mol. The molecule has 2 saturated carbocycles. The second kappa shape index (κ2) is 6.13. The lowest BCUT2D eigenvalue weighted by molar-refractivity contribution is 0.353. The Morgan fingerprint density at radius 2 is 2.18 bits per heavy atom. The van der Waals surface area contributed by atoms with Crippen molar-refractivity contribution in [3.8, 4) is 0 Å². The molecule has 1 aromatic rings. The maximum Gasteiger partial charge on any atom is 0.132 e. The van der Waals surface area contributed by atoms with E-state index in [2.05, 4.69) is 20.5 Å². The van der Waals surface area contributed by atoms with E-state index in [0.717, 1.165) is 55.6 Å². The molecule has 1 aromatic heterocycles. The molecule has 0 radical (unpaired) electrons. The van der Waals surface area contributed by atoms with Gasteiger partial charge >= 0.3 is 0 Å². The molecule has 2 N–H and O–H groups in total. The van der Waals surface area contributed by atoms with Crippen LogP contribution >= 0.6 is 0 Å². The first-order chi connectivity index (χ1) is 10.8. The summed E-state index contributed by atoms with van der Waals surface area (Å²) in [5.41, 5.74) is 0. The van der Waals surface area contributed by atoms with Gasteiger partial charge < -0.3 is 15.5 Å². The molecule has 2 bridgehead atoms. The number of nitrogens with zero attached hydrogens (tertiary/aromatic N) is 3. The Kier molecular flexibility index (Phi) is 4.01. The molecule has 2 aliphatic carbocycles. The molecule has 5 nitrogen and oxygen atoms in total. The SMILES string of the molecule is CNC1CN(c2ccnc(CCNC3CC4CCC3C4)n2)C1. The van der Waals surface area contributed by atoms with Crippen molar-refractivity contribution in [2.24, 2.45) is 11.8 Å². The van der Waals surface area contributed by atoms with Gasteiger partial charge in [-0.25, -0.2) is 9.97 Å². The van der Waals surface area contributed by atoms with E-state index in [1.54, 1.807) is 0 Å². The molecule has 120 valence electrons. The van der Waals surface area contributed by atoms with Crippen molar-refractivity contribution in [3.05, 3.63) is 18.1 Å². The fourth-order valence-corrected chi connectivity index (χ4v) is 4.40. The van der Waals surface area contributed by atoms with Crippen LogP contribution in [0, 0.1) is 11.8 Å². The molecule has 3 aliphatic rings. The Labute approximate surface area is 132 Å². The molecule has 0 aromatic carbocycles. The lowest BCUT2D eigenvalue weighted by Crippen LogP contribution is -2.57. The van der Waals surface area contributed by atoms with Crippen LogP contribution in [-0.4, -0.2) is 48.7 Å². The summed E-state index contributed by atoms with van der Waals surface area (Å²) in [6.07, 6.45) is 8.61. The second-order valence-electron chi connectivity index (χ2n) is 7.21. The number of anilines is 1. The van der Waals surface area contributed by atoms with Gasteiger partial charge in [-0.05, 0) is 44.2 Å². The molecule has 5 heteroatoms. The maximum absolute atomic E-state index is 4.72. The maximum atomic E-state index is 4.72. The average Bonchev–Trinajstić information content (AvgIpc) is 3.09. The largest absolute Gasteiger partial charge is 0.353 e. The first kappa shape index (κ1) is 14.4. The Hall–Kier alpha value is -1.20. The van der Waals surface area contributed by atoms with Crippen molar-refractivity contribution in [1.82, 2.24) is 20.6 Å². The van der Waals surface area contributed by atoms with E-state index < -0.39 is 0 Å². The van der Waals surface area contributed by atoms with E-state index in [-0.39, 0.29) is 0 Å². The van der Waals surface area contributed by atoms with Crippen LogP contribution in [0.4, 0.5) is 5.82 Å². The lowest BCUT2D eigenvalue weighted by atomic mass is 9.95. The quantitative estimate of drug-likeness (QED) is 0.827. The number of hydrogen-bond acceptors (Lipinski definition) is 5. The normalized spacial score (nSPS) is 30.8. The first-order valence-electron chi connectivity index (χ1n) is 8.79. The van der Waals surface area contributed by atoms with Crippen molar-refractivity contribution in [2.45, 2.75) is 44.2 Å². The Bertz CT molecular complexity index is 514. The molecule has 22 heavy (non-hydrogen) atoms. The molecule has 1 aliphatic heterocycles. The van der Waals surface area contributed by atoms with Gasteiger partial charge in [-0.15, -0.1) is 0 Å². The predicted molar refractivity (Wildman–Crippen MR) is 88.0 cm³/mol. The number of likely N-dealkylation sites (N-methyl/N-ethyl adjacent to an activating group) is 1. The van der Waals surface area contributed by atoms with Crippen LogP contribution in [0.5, 0.6) is 0 Å². The molecule has 3 fully saturated rings. The zero-order valence-electron chi connectivity index (χ0n) is 13.5. The van der Waals surface area contributed by atoms with Gasteiger partial charge in [0.2, 0.25) is 0 Å². The van der Waals surface area contributed by atoms with Gasteiger partial charge in [-0.2, -0.15) is 0 Å².